The molecule has 29 valence electrons. The van der Waals surface area contributed by atoms with Crippen molar-refractivity contribution in [3.63, 3.8) is 0 Å². The Bertz CT molecular complexity index is 37.0. The van der Waals surface area contributed by atoms with Gasteiger partial charge in [0.15, 0.2) is 0 Å². The molecule has 0 bridgehead atoms. The number of nitrogens with zero attached hydrogens (tertiary/aromatic N) is 1. The third kappa shape index (κ3) is 28.4. The van der Waals surface area contributed by atoms with Crippen LogP contribution in [0.3, 0.4) is 0 Å². The third-order valence-corrected chi connectivity index (χ3v) is 0. The van der Waals surface area contributed by atoms with Crippen molar-refractivity contribution >= 4 is 93.3 Å². The quantitative estimate of drug-likeness (QED) is 0.447. The Morgan fingerprint density at radius 3 is 1.50 bits per heavy atom. The molecule has 0 aliphatic heterocycles. The van der Waals surface area contributed by atoms with Gasteiger partial charge in [-0.05, 0) is 0 Å². The summed E-state index contributed by atoms with van der Waals surface area (Å²) in [6.45, 7) is 0. The second-order valence-electron chi connectivity index (χ2n) is 0.0791. The summed E-state index contributed by atoms with van der Waals surface area (Å²) < 4.78 is 0. The predicted octanol–water partition coefficient (Wildman–Crippen LogP) is -0.861. The number of rotatable bonds is 0. The van der Waals surface area contributed by atoms with E-state index >= 15 is 0 Å². The Morgan fingerprint density at radius 1 is 1.50 bits per heavy atom. The Labute approximate surface area is 117 Å². The molecule has 0 rings (SSSR count). The second-order valence-corrected chi connectivity index (χ2v) is 0.326. The maximum absolute atomic E-state index is 7.21. The van der Waals surface area contributed by atoms with E-state index in [9.17, 15) is 0 Å². The van der Waals surface area contributed by atoms with E-state index in [1.54, 1.807) is 0 Å². The second kappa shape index (κ2) is 24.6. The molecule has 0 saturated carbocycles. The molecule has 0 aromatic carbocycles. The normalized spacial score (nSPS) is 1.33. The monoisotopic (exact) mass is 182 g/mol. The van der Waals surface area contributed by atoms with Gasteiger partial charge >= 0.3 is 107 Å². The fourth-order valence-electron chi connectivity index (χ4n) is 0. The van der Waals surface area contributed by atoms with Crippen molar-refractivity contribution in [3.05, 3.63) is 0 Å². The first kappa shape index (κ1) is 23.1. The Kier molecular flexibility index (Phi) is 94.9. The van der Waals surface area contributed by atoms with Gasteiger partial charge in [-0.2, -0.15) is 0 Å². The molecule has 0 fully saturated rings. The fraction of sp³-hybridized carbons (Fsp3) is 0. The van der Waals surface area contributed by atoms with E-state index in [0.29, 0.717) is 0 Å². The predicted molar refractivity (Wildman–Crippen MR) is 27.2 cm³/mol. The minimum atomic E-state index is 0. The number of hydrogen-bond donors (Lipinski definition) is 0. The van der Waals surface area contributed by atoms with E-state index in [4.69, 9.17) is 5.26 Å². The van der Waals surface area contributed by atoms with Crippen LogP contribution in [0.1, 0.15) is 0 Å². The molecule has 5 heteroatoms. The van der Waals surface area contributed by atoms with Crippen molar-refractivity contribution in [1.29, 1.82) is 5.26 Å². The summed E-state index contributed by atoms with van der Waals surface area (Å²) in [5.41, 5.74) is 0. The van der Waals surface area contributed by atoms with Crippen molar-refractivity contribution in [2.45, 2.75) is 0 Å². The first-order valence-corrected chi connectivity index (χ1v) is 0.952. The molecule has 0 N–H and O–H groups in total. The first-order chi connectivity index (χ1) is 1.41. The van der Waals surface area contributed by atoms with Crippen LogP contribution < -0.4 is 0 Å². The van der Waals surface area contributed by atoms with Gasteiger partial charge < -0.3 is 0 Å². The molecule has 0 amide bonds. The van der Waals surface area contributed by atoms with E-state index in [1.807, 2.05) is 0 Å². The van der Waals surface area contributed by atoms with E-state index in [2.05, 4.69) is 16.0 Å². The molecular weight excluding hydrogens is 179 g/mol. The maximum atomic E-state index is 7.21. The van der Waals surface area contributed by atoms with E-state index in [-0.39, 0.29) is 93.3 Å². The zero-order valence-electron chi connectivity index (χ0n) is 1.71. The summed E-state index contributed by atoms with van der Waals surface area (Å²) >= 11 is 2.79. The number of hydrogen-bond acceptors (Lipinski definition) is 1. The molecule has 0 aliphatic carbocycles. The van der Waals surface area contributed by atoms with Crippen LogP contribution in [0.5, 0.6) is 0 Å². The van der Waals surface area contributed by atoms with Crippen LogP contribution in [0.2, 0.25) is 0 Å². The molecule has 0 aliphatic rings. The van der Waals surface area contributed by atoms with Crippen LogP contribution in [0.4, 0.5) is 0 Å². The molecule has 0 unspecified atom stereocenters. The van der Waals surface area contributed by atoms with Gasteiger partial charge in [0.2, 0.25) is 0 Å². The van der Waals surface area contributed by atoms with Gasteiger partial charge in [0, 0.05) is 0 Å². The van der Waals surface area contributed by atoms with Crippen molar-refractivity contribution in [2.75, 3.05) is 0 Å². The summed E-state index contributed by atoms with van der Waals surface area (Å²) in [6.07, 6.45) is 0. The molecule has 0 saturated heterocycles. The minimum absolute atomic E-state index is 0. The Morgan fingerprint density at radius 2 is 1.50 bits per heavy atom. The summed E-state index contributed by atoms with van der Waals surface area (Å²) in [4.78, 5) is 1.50. The Balaban J connectivity index is -0.00000000667. The van der Waals surface area contributed by atoms with Crippen LogP contribution in [-0.2, 0) is 16.0 Å². The van der Waals surface area contributed by atoms with Gasteiger partial charge in [0.1, 0.15) is 0 Å². The standard InChI is InChI=1S/CN.ClH.Fe.K.Na.2H/c1-2;;;;;;/h;1H;;;;;. The topological polar surface area (TPSA) is 23.8 Å². The average Bonchev–Trinajstić information content (AvgIpc) is 0.918. The summed E-state index contributed by atoms with van der Waals surface area (Å²) in [6, 6.07) is 0. The van der Waals surface area contributed by atoms with E-state index in [1.165, 1.54) is 4.97 Å². The van der Waals surface area contributed by atoms with Crippen LogP contribution in [-0.4, -0.2) is 80.9 Å². The molecule has 0 spiro atoms. The van der Waals surface area contributed by atoms with Gasteiger partial charge in [-0.3, -0.25) is 0 Å². The number of halogens is 1. The van der Waals surface area contributed by atoms with Gasteiger partial charge in [0.25, 0.3) is 0 Å². The van der Waals surface area contributed by atoms with Crippen LogP contribution >= 0.6 is 12.4 Å². The van der Waals surface area contributed by atoms with Gasteiger partial charge in [-0.1, -0.05) is 0 Å². The van der Waals surface area contributed by atoms with Crippen molar-refractivity contribution in [1.82, 2.24) is 0 Å². The molecule has 0 aromatic rings. The van der Waals surface area contributed by atoms with Crippen molar-refractivity contribution in [3.8, 4) is 4.97 Å². The summed E-state index contributed by atoms with van der Waals surface area (Å²) in [5.74, 6) is 0. The molecule has 0 aromatic heterocycles. The molecule has 6 heavy (non-hydrogen) atoms. The van der Waals surface area contributed by atoms with Crippen molar-refractivity contribution in [2.24, 2.45) is 0 Å². The van der Waals surface area contributed by atoms with Crippen molar-refractivity contribution < 1.29 is 16.0 Å². The molecular formula is CH3ClFeKNNa. The average molecular weight is 182 g/mol. The van der Waals surface area contributed by atoms with Crippen LogP contribution in [0, 0.1) is 10.2 Å². The zero-order chi connectivity index (χ0) is 2.71. The Hall–Kier alpha value is 2.94. The molecule has 0 heterocycles. The van der Waals surface area contributed by atoms with E-state index in [0.717, 1.165) is 0 Å². The number of nitriles is 1. The molecule has 0 atom stereocenters. The van der Waals surface area contributed by atoms with E-state index < -0.39 is 0 Å². The van der Waals surface area contributed by atoms with Gasteiger partial charge in [-0.15, -0.1) is 12.4 Å². The van der Waals surface area contributed by atoms with Gasteiger partial charge in [0.05, 0.1) is 0 Å². The fourth-order valence-corrected chi connectivity index (χ4v) is 0. The molecule has 0 radical (unpaired) electrons. The summed E-state index contributed by atoms with van der Waals surface area (Å²) in [7, 11) is 0. The zero-order valence-corrected chi connectivity index (χ0v) is 3.63. The van der Waals surface area contributed by atoms with Gasteiger partial charge in [-0.25, -0.2) is 0 Å². The SMILES string of the molecule is Cl.N#[C][Fe].[KH].[NaH]. The molecule has 1 nitrogen and oxygen atoms in total. The summed E-state index contributed by atoms with van der Waals surface area (Å²) in [5, 5.41) is 7.21. The van der Waals surface area contributed by atoms with Crippen LogP contribution in [0.25, 0.3) is 0 Å². The first-order valence-electron chi connectivity index (χ1n) is 0.400. The van der Waals surface area contributed by atoms with Crippen LogP contribution in [0.15, 0.2) is 0 Å². The third-order valence-electron chi connectivity index (χ3n) is 0.